The molecule has 2 rings (SSSR count). The third kappa shape index (κ3) is 7.40. The minimum absolute atomic E-state index is 0.0672. The summed E-state index contributed by atoms with van der Waals surface area (Å²) in [5.74, 6) is -0.283. The van der Waals surface area contributed by atoms with Crippen molar-refractivity contribution >= 4 is 27.1 Å². The monoisotopic (exact) mass is 521 g/mol. The SMILES string of the molecule is CCC(CC)(c1ccc(CCC(O)C(C)(C)C)c(C)c1)c1cc(C)c(C(=O)NCCS(C)(=O)=O)s1. The molecule has 7 heteroatoms. The molecule has 2 N–H and O–H groups in total. The Balaban J connectivity index is 2.31. The van der Waals surface area contributed by atoms with Gasteiger partial charge in [0.15, 0.2) is 0 Å². The van der Waals surface area contributed by atoms with Crippen molar-refractivity contribution in [2.45, 2.75) is 85.7 Å². The Morgan fingerprint density at radius 3 is 2.23 bits per heavy atom. The van der Waals surface area contributed by atoms with Gasteiger partial charge in [0.25, 0.3) is 5.91 Å². The van der Waals surface area contributed by atoms with Crippen LogP contribution in [0.2, 0.25) is 0 Å². The van der Waals surface area contributed by atoms with E-state index >= 15 is 0 Å². The molecule has 1 atom stereocenters. The van der Waals surface area contributed by atoms with Crippen LogP contribution in [0.1, 0.15) is 90.7 Å². The van der Waals surface area contributed by atoms with E-state index in [9.17, 15) is 18.3 Å². The summed E-state index contributed by atoms with van der Waals surface area (Å²) in [4.78, 5) is 14.6. The quantitative estimate of drug-likeness (QED) is 0.404. The largest absolute Gasteiger partial charge is 0.393 e. The highest BCUT2D eigenvalue weighted by Crippen LogP contribution is 2.44. The van der Waals surface area contributed by atoms with Gasteiger partial charge in [-0.15, -0.1) is 11.3 Å². The maximum absolute atomic E-state index is 12.8. The molecule has 0 saturated heterocycles. The zero-order valence-electron chi connectivity index (χ0n) is 22.6. The van der Waals surface area contributed by atoms with E-state index in [2.05, 4.69) is 71.1 Å². The van der Waals surface area contributed by atoms with Crippen LogP contribution < -0.4 is 5.32 Å². The molecule has 0 aliphatic carbocycles. The molecule has 2 aromatic rings. The van der Waals surface area contributed by atoms with Gasteiger partial charge in [-0.2, -0.15) is 0 Å². The molecule has 196 valence electrons. The number of thiophene rings is 1. The van der Waals surface area contributed by atoms with Crippen LogP contribution in [0.4, 0.5) is 0 Å². The highest BCUT2D eigenvalue weighted by molar-refractivity contribution is 7.90. The van der Waals surface area contributed by atoms with Gasteiger partial charge in [-0.05, 0) is 73.3 Å². The number of benzene rings is 1. The number of aryl methyl sites for hydroxylation is 3. The Hall–Kier alpha value is -1.70. The smallest absolute Gasteiger partial charge is 0.261 e. The minimum atomic E-state index is -3.12. The lowest BCUT2D eigenvalue weighted by Crippen LogP contribution is -2.28. The Morgan fingerprint density at radius 1 is 1.09 bits per heavy atom. The Morgan fingerprint density at radius 2 is 1.71 bits per heavy atom. The molecule has 1 aromatic heterocycles. The van der Waals surface area contributed by atoms with Crippen molar-refractivity contribution in [3.63, 3.8) is 0 Å². The molecule has 1 amide bonds. The summed E-state index contributed by atoms with van der Waals surface area (Å²) in [6, 6.07) is 8.79. The van der Waals surface area contributed by atoms with Crippen molar-refractivity contribution in [1.82, 2.24) is 5.32 Å². The van der Waals surface area contributed by atoms with Gasteiger partial charge in [0, 0.05) is 23.1 Å². The second-order valence-electron chi connectivity index (χ2n) is 10.9. The molecule has 0 fully saturated rings. The molecule has 0 spiro atoms. The van der Waals surface area contributed by atoms with Gasteiger partial charge in [0.05, 0.1) is 16.7 Å². The molecular weight excluding hydrogens is 478 g/mol. The summed E-state index contributed by atoms with van der Waals surface area (Å²) in [5.41, 5.74) is 4.31. The number of carbonyl (C=O) groups is 1. The fourth-order valence-corrected chi connectivity index (χ4v) is 6.44. The van der Waals surface area contributed by atoms with Crippen LogP contribution >= 0.6 is 11.3 Å². The number of aliphatic hydroxyl groups excluding tert-OH is 1. The van der Waals surface area contributed by atoms with Gasteiger partial charge in [-0.3, -0.25) is 4.79 Å². The lowest BCUT2D eigenvalue weighted by molar-refractivity contribution is 0.0559. The average molecular weight is 522 g/mol. The lowest BCUT2D eigenvalue weighted by atomic mass is 9.73. The molecule has 0 bridgehead atoms. The van der Waals surface area contributed by atoms with Crippen molar-refractivity contribution in [3.05, 3.63) is 56.3 Å². The maximum atomic E-state index is 12.8. The highest BCUT2D eigenvalue weighted by atomic mass is 32.2. The van der Waals surface area contributed by atoms with E-state index in [1.165, 1.54) is 34.3 Å². The maximum Gasteiger partial charge on any atom is 0.261 e. The van der Waals surface area contributed by atoms with E-state index < -0.39 is 9.84 Å². The number of sulfone groups is 1. The summed E-state index contributed by atoms with van der Waals surface area (Å²) >= 11 is 1.51. The molecule has 0 aliphatic rings. The Kier molecular flexibility index (Phi) is 9.76. The van der Waals surface area contributed by atoms with Crippen molar-refractivity contribution in [3.8, 4) is 0 Å². The second-order valence-corrected chi connectivity index (χ2v) is 14.2. The number of aliphatic hydroxyl groups is 1. The first-order valence-corrected chi connectivity index (χ1v) is 15.4. The predicted octanol–water partition coefficient (Wildman–Crippen LogP) is 5.59. The van der Waals surface area contributed by atoms with Crippen molar-refractivity contribution < 1.29 is 18.3 Å². The number of carbonyl (C=O) groups excluding carboxylic acids is 1. The molecule has 35 heavy (non-hydrogen) atoms. The number of amides is 1. The second kappa shape index (κ2) is 11.6. The first-order chi connectivity index (χ1) is 16.1. The summed E-state index contributed by atoms with van der Waals surface area (Å²) in [5, 5.41) is 13.2. The first kappa shape index (κ1) is 29.5. The number of nitrogens with one attached hydrogen (secondary N) is 1. The molecule has 1 unspecified atom stereocenters. The van der Waals surface area contributed by atoms with Gasteiger partial charge in [0.1, 0.15) is 9.84 Å². The van der Waals surface area contributed by atoms with E-state index in [0.717, 1.165) is 36.1 Å². The Labute approximate surface area is 216 Å². The van der Waals surface area contributed by atoms with Crippen LogP contribution in [-0.4, -0.2) is 44.1 Å². The van der Waals surface area contributed by atoms with Crippen LogP contribution in [0.5, 0.6) is 0 Å². The summed E-state index contributed by atoms with van der Waals surface area (Å²) in [6.07, 6.45) is 4.21. The van der Waals surface area contributed by atoms with Crippen molar-refractivity contribution in [2.75, 3.05) is 18.6 Å². The number of hydrogen-bond acceptors (Lipinski definition) is 5. The summed E-state index contributed by atoms with van der Waals surface area (Å²) in [7, 11) is -3.12. The standard InChI is InChI=1S/C28H43NO4S2/c1-9-28(10-2,22-13-11-21(19(3)17-22)12-14-23(30)27(5,6)7)24-18-20(4)25(34-24)26(31)29-15-16-35(8,32)33/h11,13,17-18,23,30H,9-10,12,14-16H2,1-8H3,(H,29,31). The average Bonchev–Trinajstić information content (AvgIpc) is 3.14. The van der Waals surface area contributed by atoms with Crippen LogP contribution in [0.25, 0.3) is 0 Å². The fraction of sp³-hybridized carbons (Fsp3) is 0.607. The first-order valence-electron chi connectivity index (χ1n) is 12.5. The summed E-state index contributed by atoms with van der Waals surface area (Å²) < 4.78 is 22.8. The molecule has 0 saturated carbocycles. The van der Waals surface area contributed by atoms with E-state index in [1.54, 1.807) is 0 Å². The highest BCUT2D eigenvalue weighted by Gasteiger charge is 2.34. The normalized spacial score (nSPS) is 13.6. The molecule has 5 nitrogen and oxygen atoms in total. The minimum Gasteiger partial charge on any atom is -0.393 e. The van der Waals surface area contributed by atoms with Gasteiger partial charge < -0.3 is 10.4 Å². The van der Waals surface area contributed by atoms with Crippen LogP contribution in [0, 0.1) is 19.3 Å². The van der Waals surface area contributed by atoms with E-state index in [1.807, 2.05) is 6.92 Å². The zero-order valence-corrected chi connectivity index (χ0v) is 24.3. The molecule has 1 aromatic carbocycles. The molecular formula is C28H43NO4S2. The van der Waals surface area contributed by atoms with Crippen LogP contribution in [-0.2, 0) is 21.7 Å². The van der Waals surface area contributed by atoms with Crippen LogP contribution in [0.3, 0.4) is 0 Å². The topological polar surface area (TPSA) is 83.5 Å². The number of rotatable bonds is 11. The van der Waals surface area contributed by atoms with E-state index in [4.69, 9.17) is 0 Å². The predicted molar refractivity (Wildman–Crippen MR) is 147 cm³/mol. The number of hydrogen-bond donors (Lipinski definition) is 2. The fourth-order valence-electron chi connectivity index (χ4n) is 4.52. The molecule has 0 radical (unpaired) electrons. The van der Waals surface area contributed by atoms with Crippen LogP contribution in [0.15, 0.2) is 24.3 Å². The van der Waals surface area contributed by atoms with E-state index in [-0.39, 0.29) is 35.1 Å². The van der Waals surface area contributed by atoms with Crippen molar-refractivity contribution in [1.29, 1.82) is 0 Å². The lowest BCUT2D eigenvalue weighted by Gasteiger charge is -2.32. The summed E-state index contributed by atoms with van der Waals surface area (Å²) in [6.45, 7) is 14.8. The van der Waals surface area contributed by atoms with Gasteiger partial charge in [-0.25, -0.2) is 8.42 Å². The third-order valence-corrected chi connectivity index (χ3v) is 9.53. The van der Waals surface area contributed by atoms with Gasteiger partial charge >= 0.3 is 0 Å². The zero-order chi connectivity index (χ0) is 26.6. The molecule has 1 heterocycles. The van der Waals surface area contributed by atoms with Gasteiger partial charge in [0.2, 0.25) is 0 Å². The van der Waals surface area contributed by atoms with Crippen molar-refractivity contribution in [2.24, 2.45) is 5.41 Å². The third-order valence-electron chi connectivity index (χ3n) is 7.14. The molecule has 0 aliphatic heterocycles. The van der Waals surface area contributed by atoms with E-state index in [0.29, 0.717) is 4.88 Å². The Bertz CT molecular complexity index is 1120. The van der Waals surface area contributed by atoms with Gasteiger partial charge in [-0.1, -0.05) is 52.8 Å².